The summed E-state index contributed by atoms with van der Waals surface area (Å²) in [6, 6.07) is 11.5. The Kier molecular flexibility index (Phi) is 6.50. The number of piperazine rings is 1. The molecule has 0 unspecified atom stereocenters. The first-order chi connectivity index (χ1) is 16.0. The molecular formula is C24H25N5O4. The second kappa shape index (κ2) is 9.66. The molecule has 3 N–H and O–H groups in total. The summed E-state index contributed by atoms with van der Waals surface area (Å²) in [6.07, 6.45) is 4.44. The quantitative estimate of drug-likeness (QED) is 0.553. The van der Waals surface area contributed by atoms with Crippen LogP contribution in [0.15, 0.2) is 54.9 Å². The number of hydrogen-bond acceptors (Lipinski definition) is 7. The Morgan fingerprint density at radius 1 is 1.24 bits per heavy atom. The number of anilines is 1. The summed E-state index contributed by atoms with van der Waals surface area (Å²) in [7, 11) is 1.50. The molecule has 4 rings (SSSR count). The van der Waals surface area contributed by atoms with Gasteiger partial charge in [0.05, 0.1) is 12.1 Å². The van der Waals surface area contributed by atoms with E-state index in [0.717, 1.165) is 10.9 Å². The van der Waals surface area contributed by atoms with E-state index < -0.39 is 6.04 Å². The Labute approximate surface area is 191 Å². The molecule has 9 nitrogen and oxygen atoms in total. The number of amides is 2. The molecule has 1 atom stereocenters. The first-order valence-corrected chi connectivity index (χ1v) is 10.5. The summed E-state index contributed by atoms with van der Waals surface area (Å²) in [5.41, 5.74) is 8.21. The Balaban J connectivity index is 1.48. The van der Waals surface area contributed by atoms with Crippen molar-refractivity contribution in [1.82, 2.24) is 19.8 Å². The first kappa shape index (κ1) is 22.2. The van der Waals surface area contributed by atoms with E-state index in [0.29, 0.717) is 36.5 Å². The Bertz CT molecular complexity index is 1210. The van der Waals surface area contributed by atoms with E-state index in [1.165, 1.54) is 24.4 Å². The molecule has 2 heterocycles. The second-order valence-electron chi connectivity index (χ2n) is 7.80. The van der Waals surface area contributed by atoms with Gasteiger partial charge in [0.2, 0.25) is 11.8 Å². The number of nitrogens with two attached hydrogens (primary N) is 1. The monoisotopic (exact) mass is 447 g/mol. The van der Waals surface area contributed by atoms with Gasteiger partial charge < -0.3 is 25.4 Å². The summed E-state index contributed by atoms with van der Waals surface area (Å²) >= 11 is 0. The van der Waals surface area contributed by atoms with Gasteiger partial charge in [-0.3, -0.25) is 9.59 Å². The van der Waals surface area contributed by atoms with E-state index in [-0.39, 0.29) is 24.2 Å². The average Bonchev–Trinajstić information content (AvgIpc) is 2.80. The first-order valence-electron chi connectivity index (χ1n) is 10.5. The van der Waals surface area contributed by atoms with Crippen molar-refractivity contribution >= 4 is 34.6 Å². The molecule has 9 heteroatoms. The third-order valence-electron chi connectivity index (χ3n) is 5.59. The zero-order chi connectivity index (χ0) is 23.4. The van der Waals surface area contributed by atoms with Crippen LogP contribution in [0.3, 0.4) is 0 Å². The van der Waals surface area contributed by atoms with Crippen LogP contribution in [0.1, 0.15) is 11.1 Å². The van der Waals surface area contributed by atoms with Crippen LogP contribution in [0.5, 0.6) is 5.75 Å². The number of rotatable bonds is 6. The van der Waals surface area contributed by atoms with Crippen LogP contribution in [0.4, 0.5) is 5.82 Å². The highest BCUT2D eigenvalue weighted by Crippen LogP contribution is 2.21. The molecule has 3 aromatic rings. The minimum atomic E-state index is -0.719. The van der Waals surface area contributed by atoms with E-state index in [1.54, 1.807) is 35.2 Å². The van der Waals surface area contributed by atoms with Gasteiger partial charge in [-0.25, -0.2) is 9.97 Å². The lowest BCUT2D eigenvalue weighted by molar-refractivity contribution is -0.152. The highest BCUT2D eigenvalue weighted by Gasteiger charge is 2.36. The number of hydrogen-bond donors (Lipinski definition) is 2. The maximum Gasteiger partial charge on any atom is 0.248 e. The maximum atomic E-state index is 13.2. The molecule has 1 aromatic heterocycles. The van der Waals surface area contributed by atoms with Gasteiger partial charge in [-0.2, -0.15) is 0 Å². The Morgan fingerprint density at radius 2 is 2.09 bits per heavy atom. The third-order valence-corrected chi connectivity index (χ3v) is 5.59. The van der Waals surface area contributed by atoms with Crippen molar-refractivity contribution in [3.8, 4) is 5.75 Å². The molecule has 33 heavy (non-hydrogen) atoms. The number of aromatic nitrogens is 2. The van der Waals surface area contributed by atoms with Crippen molar-refractivity contribution in [3.05, 3.63) is 66.0 Å². The summed E-state index contributed by atoms with van der Waals surface area (Å²) in [5, 5.41) is 10.3. The molecule has 0 bridgehead atoms. The van der Waals surface area contributed by atoms with Gasteiger partial charge in [0.15, 0.2) is 0 Å². The fourth-order valence-corrected chi connectivity index (χ4v) is 3.91. The third kappa shape index (κ3) is 4.93. The number of fused-ring (bicyclic) bond motifs is 1. The molecule has 1 fully saturated rings. The molecule has 1 saturated heterocycles. The number of aromatic hydroxyl groups is 1. The summed E-state index contributed by atoms with van der Waals surface area (Å²) in [6.45, 7) is 1.27. The molecule has 170 valence electrons. The van der Waals surface area contributed by atoms with E-state index in [4.69, 9.17) is 10.5 Å². The molecule has 1 aliphatic rings. The number of phenols is 1. The summed E-state index contributed by atoms with van der Waals surface area (Å²) in [4.78, 5) is 37.6. The lowest BCUT2D eigenvalue weighted by atomic mass is 10.1. The molecular weight excluding hydrogens is 422 g/mol. The smallest absolute Gasteiger partial charge is 0.248 e. The predicted molar refractivity (Wildman–Crippen MR) is 124 cm³/mol. The summed E-state index contributed by atoms with van der Waals surface area (Å²) in [5.74, 6) is 0.0675. The van der Waals surface area contributed by atoms with Crippen molar-refractivity contribution in [2.45, 2.75) is 12.6 Å². The molecule has 0 radical (unpaired) electrons. The van der Waals surface area contributed by atoms with Crippen LogP contribution in [-0.2, 0) is 20.9 Å². The highest BCUT2D eigenvalue weighted by molar-refractivity contribution is 5.96. The number of methoxy groups -OCH3 is 1. The van der Waals surface area contributed by atoms with E-state index in [1.807, 2.05) is 18.2 Å². The molecule has 0 spiro atoms. The molecule has 0 saturated carbocycles. The summed E-state index contributed by atoms with van der Waals surface area (Å²) < 4.78 is 5.25. The van der Waals surface area contributed by atoms with E-state index in [2.05, 4.69) is 9.97 Å². The number of carbonyl (C=O) groups is 2. The Hall–Kier alpha value is -3.98. The number of nitrogens with zero attached hydrogens (tertiary/aromatic N) is 4. The van der Waals surface area contributed by atoms with Crippen molar-refractivity contribution in [2.24, 2.45) is 0 Å². The largest absolute Gasteiger partial charge is 0.508 e. The van der Waals surface area contributed by atoms with Gasteiger partial charge in [0, 0.05) is 38.2 Å². The van der Waals surface area contributed by atoms with E-state index in [9.17, 15) is 14.7 Å². The average molecular weight is 447 g/mol. The lowest BCUT2D eigenvalue weighted by Gasteiger charge is -2.40. The molecule has 2 amide bonds. The lowest BCUT2D eigenvalue weighted by Crippen LogP contribution is -2.59. The number of carbonyl (C=O) groups excluding carboxylic acids is 2. The molecule has 1 aliphatic heterocycles. The second-order valence-corrected chi connectivity index (χ2v) is 7.80. The maximum absolute atomic E-state index is 13.2. The van der Waals surface area contributed by atoms with E-state index >= 15 is 0 Å². The van der Waals surface area contributed by atoms with Gasteiger partial charge in [-0.15, -0.1) is 0 Å². The fourth-order valence-electron chi connectivity index (χ4n) is 3.91. The van der Waals surface area contributed by atoms with Crippen molar-refractivity contribution in [2.75, 3.05) is 32.5 Å². The standard InChI is InChI=1S/C24H25N5O4/c1-33-14-21-24(32)28(13-17-5-7-19-20(12-17)26-15-27-23(19)25)9-10-29(21)22(31)8-6-16-3-2-4-18(30)11-16/h2-8,11-12,15,21,30H,9-10,13-14H2,1H3,(H2,25,26,27)/b8-6+/t21-/m0/s1. The number of phenolic OH excluding ortho intramolecular Hbond substituents is 1. The van der Waals surface area contributed by atoms with Crippen LogP contribution in [0.2, 0.25) is 0 Å². The van der Waals surface area contributed by atoms with Crippen LogP contribution < -0.4 is 5.73 Å². The van der Waals surface area contributed by atoms with Crippen molar-refractivity contribution < 1.29 is 19.4 Å². The predicted octanol–water partition coefficient (Wildman–Crippen LogP) is 1.82. The van der Waals surface area contributed by atoms with Gasteiger partial charge in [-0.1, -0.05) is 18.2 Å². The highest BCUT2D eigenvalue weighted by atomic mass is 16.5. The van der Waals surface area contributed by atoms with Gasteiger partial charge in [0.1, 0.15) is 23.9 Å². The number of nitrogen functional groups attached to an aromatic ring is 1. The molecule has 2 aromatic carbocycles. The molecule has 0 aliphatic carbocycles. The van der Waals surface area contributed by atoms with Crippen LogP contribution in [-0.4, -0.2) is 69.5 Å². The van der Waals surface area contributed by atoms with Crippen LogP contribution in [0, 0.1) is 0 Å². The topological polar surface area (TPSA) is 122 Å². The van der Waals surface area contributed by atoms with Crippen molar-refractivity contribution in [3.63, 3.8) is 0 Å². The zero-order valence-electron chi connectivity index (χ0n) is 18.2. The fraction of sp³-hybridized carbons (Fsp3) is 0.250. The van der Waals surface area contributed by atoms with Gasteiger partial charge in [-0.05, 0) is 41.5 Å². The SMILES string of the molecule is COC[C@H]1C(=O)N(Cc2ccc3c(N)ncnc3c2)CCN1C(=O)/C=C/c1cccc(O)c1. The van der Waals surface area contributed by atoms with Crippen molar-refractivity contribution in [1.29, 1.82) is 0 Å². The Morgan fingerprint density at radius 3 is 2.88 bits per heavy atom. The van der Waals surface area contributed by atoms with Gasteiger partial charge >= 0.3 is 0 Å². The van der Waals surface area contributed by atoms with Gasteiger partial charge in [0.25, 0.3) is 0 Å². The minimum Gasteiger partial charge on any atom is -0.508 e. The normalized spacial score (nSPS) is 16.6. The number of ether oxygens (including phenoxy) is 1. The number of benzene rings is 2. The minimum absolute atomic E-state index is 0.0997. The van der Waals surface area contributed by atoms with Crippen LogP contribution in [0.25, 0.3) is 17.0 Å². The zero-order valence-corrected chi connectivity index (χ0v) is 18.2. The van der Waals surface area contributed by atoms with Crippen LogP contribution >= 0.6 is 0 Å².